The molecule has 0 radical (unpaired) electrons. The van der Waals surface area contributed by atoms with E-state index in [0.29, 0.717) is 11.0 Å². The summed E-state index contributed by atoms with van der Waals surface area (Å²) in [5.41, 5.74) is -2.50. The van der Waals surface area contributed by atoms with Gasteiger partial charge in [-0.25, -0.2) is 9.59 Å². The molecule has 0 amide bonds. The number of hydrogen-bond acceptors (Lipinski definition) is 6. The van der Waals surface area contributed by atoms with Crippen LogP contribution in [0.4, 0.5) is 4.79 Å². The van der Waals surface area contributed by atoms with Gasteiger partial charge >= 0.3 is 17.8 Å². The molecule has 0 aliphatic heterocycles. The molecule has 1 aliphatic carbocycles. The van der Waals surface area contributed by atoms with Crippen LogP contribution in [0.1, 0.15) is 40.2 Å². The van der Waals surface area contributed by atoms with Crippen LogP contribution in [0.5, 0.6) is 0 Å². The third kappa shape index (κ3) is 3.77. The average Bonchev–Trinajstić information content (AvgIpc) is 3.21. The van der Waals surface area contributed by atoms with Gasteiger partial charge in [-0.05, 0) is 50.0 Å². The second kappa shape index (κ2) is 6.54. The second-order valence-electron chi connectivity index (χ2n) is 6.45. The van der Waals surface area contributed by atoms with Gasteiger partial charge in [0.2, 0.25) is 0 Å². The Labute approximate surface area is 146 Å². The molecule has 1 fully saturated rings. The Kier molecular flexibility index (Phi) is 5.03. The quantitative estimate of drug-likeness (QED) is 0.713. The highest BCUT2D eigenvalue weighted by atomic mass is 79.9. The lowest BCUT2D eigenvalue weighted by Crippen LogP contribution is -2.46. The number of hydrogen-bond donors (Lipinski definition) is 0. The minimum Gasteiger partial charge on any atom is -0.466 e. The van der Waals surface area contributed by atoms with Gasteiger partial charge in [0.15, 0.2) is 0 Å². The summed E-state index contributed by atoms with van der Waals surface area (Å²) < 4.78 is 11.7. The summed E-state index contributed by atoms with van der Waals surface area (Å²) in [6, 6.07) is -0.442. The minimum absolute atomic E-state index is 0.0301. The van der Waals surface area contributed by atoms with Crippen molar-refractivity contribution in [1.29, 1.82) is 0 Å². The standard InChI is InChI=1S/C15H19BrN2O6/c1-5-23-12(20)8-6-10(8)17-7-9(16)11(19)18(13(17)21)14(22)24-15(2,3)4/h7-8,10H,5-6H2,1-4H3/t8-,10-/m1/s1. The third-order valence-corrected chi connectivity index (χ3v) is 3.90. The van der Waals surface area contributed by atoms with Gasteiger partial charge in [-0.1, -0.05) is 0 Å². The zero-order valence-corrected chi connectivity index (χ0v) is 15.5. The Balaban J connectivity index is 2.40. The van der Waals surface area contributed by atoms with E-state index in [-0.39, 0.29) is 11.1 Å². The molecule has 1 saturated carbocycles. The Bertz CT molecular complexity index is 789. The van der Waals surface area contributed by atoms with Crippen LogP contribution in [0.3, 0.4) is 0 Å². The molecule has 9 heteroatoms. The van der Waals surface area contributed by atoms with Gasteiger partial charge in [0.1, 0.15) is 5.60 Å². The van der Waals surface area contributed by atoms with Gasteiger partial charge in [-0.2, -0.15) is 4.57 Å². The molecule has 132 valence electrons. The number of halogens is 1. The van der Waals surface area contributed by atoms with Crippen molar-refractivity contribution in [3.63, 3.8) is 0 Å². The lowest BCUT2D eigenvalue weighted by molar-refractivity contribution is -0.144. The zero-order chi connectivity index (χ0) is 18.2. The van der Waals surface area contributed by atoms with Crippen LogP contribution < -0.4 is 11.2 Å². The van der Waals surface area contributed by atoms with Gasteiger partial charge in [0.25, 0.3) is 5.56 Å². The number of esters is 1. The smallest absolute Gasteiger partial charge is 0.425 e. The molecule has 0 bridgehead atoms. The van der Waals surface area contributed by atoms with Crippen LogP contribution in [-0.2, 0) is 14.3 Å². The number of carbonyl (C=O) groups excluding carboxylic acids is 2. The van der Waals surface area contributed by atoms with Crippen LogP contribution in [0.2, 0.25) is 0 Å². The predicted octanol–water partition coefficient (Wildman–Crippen LogP) is 1.68. The van der Waals surface area contributed by atoms with Gasteiger partial charge in [0, 0.05) is 6.20 Å². The topological polar surface area (TPSA) is 96.6 Å². The molecule has 2 rings (SSSR count). The summed E-state index contributed by atoms with van der Waals surface area (Å²) >= 11 is 3.05. The molecule has 24 heavy (non-hydrogen) atoms. The molecular weight excluding hydrogens is 384 g/mol. The fourth-order valence-corrected chi connectivity index (χ4v) is 2.64. The third-order valence-electron chi connectivity index (χ3n) is 3.35. The van der Waals surface area contributed by atoms with E-state index in [4.69, 9.17) is 9.47 Å². The van der Waals surface area contributed by atoms with E-state index >= 15 is 0 Å². The van der Waals surface area contributed by atoms with Crippen molar-refractivity contribution in [3.05, 3.63) is 31.5 Å². The Morgan fingerprint density at radius 1 is 1.33 bits per heavy atom. The first kappa shape index (κ1) is 18.4. The fourth-order valence-electron chi connectivity index (χ4n) is 2.24. The fraction of sp³-hybridized carbons (Fsp3) is 0.600. The number of nitrogens with zero attached hydrogens (tertiary/aromatic N) is 2. The van der Waals surface area contributed by atoms with Crippen molar-refractivity contribution in [2.24, 2.45) is 5.92 Å². The first-order valence-electron chi connectivity index (χ1n) is 7.50. The lowest BCUT2D eigenvalue weighted by atomic mass is 10.2. The first-order chi connectivity index (χ1) is 11.1. The van der Waals surface area contributed by atoms with Crippen molar-refractivity contribution >= 4 is 28.0 Å². The highest BCUT2D eigenvalue weighted by Gasteiger charge is 2.47. The Morgan fingerprint density at radius 3 is 2.50 bits per heavy atom. The molecule has 8 nitrogen and oxygen atoms in total. The maximum atomic E-state index is 12.5. The maximum Gasteiger partial charge on any atom is 0.425 e. The van der Waals surface area contributed by atoms with Crippen LogP contribution in [0.15, 0.2) is 20.3 Å². The summed E-state index contributed by atoms with van der Waals surface area (Å²) in [7, 11) is 0. The van der Waals surface area contributed by atoms with E-state index < -0.39 is 40.9 Å². The average molecular weight is 403 g/mol. The molecule has 0 saturated heterocycles. The summed E-state index contributed by atoms with van der Waals surface area (Å²) in [6.45, 7) is 6.83. The normalized spacial score (nSPS) is 19.7. The largest absolute Gasteiger partial charge is 0.466 e. The van der Waals surface area contributed by atoms with E-state index in [9.17, 15) is 19.2 Å². The Morgan fingerprint density at radius 2 is 1.96 bits per heavy atom. The van der Waals surface area contributed by atoms with Gasteiger partial charge in [-0.15, -0.1) is 0 Å². The summed E-state index contributed by atoms with van der Waals surface area (Å²) in [6.07, 6.45) is 0.647. The molecule has 0 spiro atoms. The molecule has 1 aliphatic rings. The van der Waals surface area contributed by atoms with Gasteiger partial charge in [0.05, 0.1) is 23.0 Å². The van der Waals surface area contributed by atoms with Crippen molar-refractivity contribution in [3.8, 4) is 0 Å². The lowest BCUT2D eigenvalue weighted by Gasteiger charge is -2.20. The van der Waals surface area contributed by atoms with E-state index in [1.165, 1.54) is 10.8 Å². The maximum absolute atomic E-state index is 12.5. The molecule has 0 N–H and O–H groups in total. The van der Waals surface area contributed by atoms with Crippen LogP contribution in [0.25, 0.3) is 0 Å². The van der Waals surface area contributed by atoms with Crippen molar-refractivity contribution in [2.75, 3.05) is 6.61 Å². The van der Waals surface area contributed by atoms with Crippen LogP contribution in [-0.4, -0.2) is 33.4 Å². The van der Waals surface area contributed by atoms with E-state index in [1.807, 2.05) is 0 Å². The zero-order valence-electron chi connectivity index (χ0n) is 13.9. The monoisotopic (exact) mass is 402 g/mol. The highest BCUT2D eigenvalue weighted by Crippen LogP contribution is 2.43. The molecule has 1 aromatic heterocycles. The van der Waals surface area contributed by atoms with Crippen LogP contribution in [0, 0.1) is 5.92 Å². The number of carbonyl (C=O) groups is 2. The minimum atomic E-state index is -1.05. The predicted molar refractivity (Wildman–Crippen MR) is 88.1 cm³/mol. The number of aromatic nitrogens is 2. The van der Waals surface area contributed by atoms with Gasteiger partial charge < -0.3 is 9.47 Å². The Hall–Kier alpha value is -1.90. The number of ether oxygens (including phenoxy) is 2. The van der Waals surface area contributed by atoms with Crippen LogP contribution >= 0.6 is 15.9 Å². The highest BCUT2D eigenvalue weighted by molar-refractivity contribution is 9.10. The van der Waals surface area contributed by atoms with Crippen molar-refractivity contribution in [1.82, 2.24) is 9.13 Å². The van der Waals surface area contributed by atoms with Crippen molar-refractivity contribution < 1.29 is 19.1 Å². The molecule has 1 aromatic rings. The molecule has 0 aromatic carbocycles. The second-order valence-corrected chi connectivity index (χ2v) is 7.30. The van der Waals surface area contributed by atoms with Gasteiger partial charge in [-0.3, -0.25) is 14.2 Å². The first-order valence-corrected chi connectivity index (χ1v) is 8.29. The van der Waals surface area contributed by atoms with E-state index in [1.54, 1.807) is 27.7 Å². The summed E-state index contributed by atoms with van der Waals surface area (Å²) in [5, 5.41) is 0. The molecule has 0 unspecified atom stereocenters. The molecule has 2 atom stereocenters. The van der Waals surface area contributed by atoms with E-state index in [0.717, 1.165) is 0 Å². The van der Waals surface area contributed by atoms with Crippen molar-refractivity contribution in [2.45, 2.75) is 45.8 Å². The van der Waals surface area contributed by atoms with E-state index in [2.05, 4.69) is 15.9 Å². The number of rotatable bonds is 3. The SMILES string of the molecule is CCOC(=O)[C@@H]1C[C@H]1n1cc(Br)c(=O)n(C(=O)OC(C)(C)C)c1=O. The summed E-state index contributed by atoms with van der Waals surface area (Å²) in [4.78, 5) is 48.6. The summed E-state index contributed by atoms with van der Waals surface area (Å²) in [5.74, 6) is -0.861. The molecule has 1 heterocycles. The molecular formula is C15H19BrN2O6.